The van der Waals surface area contributed by atoms with Gasteiger partial charge in [0.25, 0.3) is 0 Å². The van der Waals surface area contributed by atoms with E-state index in [0.717, 1.165) is 5.82 Å². The number of hydrogen-bond acceptors (Lipinski definition) is 3. The SMILES string of the molecule is [B][C@@H]1O[C@H](/C=C/P(=O)(O)O)C[C@@]1(C)OC. The van der Waals surface area contributed by atoms with Gasteiger partial charge in [-0.3, -0.25) is 4.57 Å². The molecule has 1 rings (SSSR count). The van der Waals surface area contributed by atoms with Crippen LogP contribution in [0.3, 0.4) is 0 Å². The fourth-order valence-electron chi connectivity index (χ4n) is 1.42. The van der Waals surface area contributed by atoms with Crippen molar-refractivity contribution in [3.8, 4) is 0 Å². The molecule has 2 radical (unpaired) electrons. The lowest BCUT2D eigenvalue weighted by atomic mass is 9.83. The van der Waals surface area contributed by atoms with Gasteiger partial charge in [-0.2, -0.15) is 0 Å². The van der Waals surface area contributed by atoms with Crippen molar-refractivity contribution in [2.75, 3.05) is 7.11 Å². The summed E-state index contributed by atoms with van der Waals surface area (Å²) in [6, 6.07) is -0.589. The Bertz CT molecular complexity index is 301. The third-order valence-corrected chi connectivity index (χ3v) is 3.05. The fourth-order valence-corrected chi connectivity index (χ4v) is 1.83. The number of ether oxygens (including phenoxy) is 2. The van der Waals surface area contributed by atoms with Crippen LogP contribution in [0.4, 0.5) is 0 Å². The quantitative estimate of drug-likeness (QED) is 0.542. The highest BCUT2D eigenvalue weighted by Crippen LogP contribution is 2.38. The zero-order chi connectivity index (χ0) is 11.7. The molecule has 5 nitrogen and oxygen atoms in total. The molecule has 0 amide bonds. The van der Waals surface area contributed by atoms with Gasteiger partial charge in [-0.1, -0.05) is 0 Å². The van der Waals surface area contributed by atoms with Gasteiger partial charge in [-0.05, 0) is 13.0 Å². The van der Waals surface area contributed by atoms with Crippen LogP contribution in [0.1, 0.15) is 13.3 Å². The molecule has 0 spiro atoms. The summed E-state index contributed by atoms with van der Waals surface area (Å²) >= 11 is 0. The van der Waals surface area contributed by atoms with E-state index in [9.17, 15) is 4.57 Å². The normalized spacial score (nSPS) is 37.6. The molecule has 0 aromatic rings. The van der Waals surface area contributed by atoms with Crippen LogP contribution in [0, 0.1) is 0 Å². The van der Waals surface area contributed by atoms with Gasteiger partial charge in [-0.15, -0.1) is 0 Å². The first-order valence-electron chi connectivity index (χ1n) is 4.48. The van der Waals surface area contributed by atoms with Crippen molar-refractivity contribution < 1.29 is 23.8 Å². The van der Waals surface area contributed by atoms with Crippen LogP contribution < -0.4 is 0 Å². The predicted octanol–water partition coefficient (Wildman–Crippen LogP) is 0.366. The summed E-state index contributed by atoms with van der Waals surface area (Å²) < 4.78 is 21.1. The van der Waals surface area contributed by atoms with Gasteiger partial charge in [-0.25, -0.2) is 0 Å². The Morgan fingerprint density at radius 2 is 2.27 bits per heavy atom. The average molecular weight is 232 g/mol. The Labute approximate surface area is 90.0 Å². The monoisotopic (exact) mass is 232 g/mol. The van der Waals surface area contributed by atoms with Crippen molar-refractivity contribution in [3.63, 3.8) is 0 Å². The van der Waals surface area contributed by atoms with Crippen molar-refractivity contribution >= 4 is 15.4 Å². The molecule has 0 aliphatic carbocycles. The molecule has 0 bridgehead atoms. The van der Waals surface area contributed by atoms with E-state index in [0.29, 0.717) is 6.42 Å². The Kier molecular flexibility index (Phi) is 3.79. The Balaban J connectivity index is 2.64. The standard InChI is InChI=1S/C8H14BO5P/c1-8(13-2)5-6(14-7(8)9)3-4-15(10,11)12/h3-4,6-7H,5H2,1-2H3,(H2,10,11,12)/b4-3+/t6-,7-,8-/m1/s1. The van der Waals surface area contributed by atoms with Crippen LogP contribution in [0.2, 0.25) is 0 Å². The highest BCUT2D eigenvalue weighted by molar-refractivity contribution is 7.55. The molecular formula is C8H14BO5P. The Morgan fingerprint density at radius 3 is 2.67 bits per heavy atom. The maximum absolute atomic E-state index is 10.6. The lowest BCUT2D eigenvalue weighted by Gasteiger charge is -2.25. The second-order valence-corrected chi connectivity index (χ2v) is 5.22. The van der Waals surface area contributed by atoms with Crippen molar-refractivity contribution in [1.29, 1.82) is 0 Å². The van der Waals surface area contributed by atoms with Gasteiger partial charge in [0, 0.05) is 25.4 Å². The molecule has 1 heterocycles. The first kappa shape index (κ1) is 12.9. The second kappa shape index (κ2) is 4.40. The molecule has 0 aromatic heterocycles. The molecule has 7 heteroatoms. The molecule has 15 heavy (non-hydrogen) atoms. The molecule has 0 saturated carbocycles. The highest BCUT2D eigenvalue weighted by Gasteiger charge is 2.41. The third kappa shape index (κ3) is 3.43. The summed E-state index contributed by atoms with van der Waals surface area (Å²) in [7, 11) is 3.07. The lowest BCUT2D eigenvalue weighted by molar-refractivity contribution is -0.0223. The Morgan fingerprint density at radius 1 is 1.67 bits per heavy atom. The molecular weight excluding hydrogens is 218 g/mol. The highest BCUT2D eigenvalue weighted by atomic mass is 31.2. The third-order valence-electron chi connectivity index (χ3n) is 2.49. The van der Waals surface area contributed by atoms with E-state index in [1.165, 1.54) is 13.2 Å². The maximum atomic E-state index is 10.6. The topological polar surface area (TPSA) is 76.0 Å². The zero-order valence-corrected chi connectivity index (χ0v) is 9.55. The maximum Gasteiger partial charge on any atom is 0.348 e. The number of rotatable bonds is 3. The van der Waals surface area contributed by atoms with Gasteiger partial charge in [0.05, 0.1) is 11.7 Å². The minimum atomic E-state index is -4.13. The molecule has 3 atom stereocenters. The molecule has 2 N–H and O–H groups in total. The van der Waals surface area contributed by atoms with Gasteiger partial charge < -0.3 is 19.3 Å². The number of methoxy groups -OCH3 is 1. The molecule has 1 aliphatic heterocycles. The van der Waals surface area contributed by atoms with Crippen molar-refractivity contribution in [1.82, 2.24) is 0 Å². The zero-order valence-electron chi connectivity index (χ0n) is 8.66. The minimum Gasteiger partial charge on any atom is -0.378 e. The molecule has 0 aromatic carbocycles. The summed E-state index contributed by atoms with van der Waals surface area (Å²) in [6.07, 6.45) is 1.38. The van der Waals surface area contributed by atoms with Crippen LogP contribution in [0.5, 0.6) is 0 Å². The lowest BCUT2D eigenvalue weighted by Crippen LogP contribution is -2.37. The van der Waals surface area contributed by atoms with Crippen LogP contribution >= 0.6 is 7.60 Å². The average Bonchev–Trinajstić information content (AvgIpc) is 2.39. The van der Waals surface area contributed by atoms with Crippen LogP contribution in [-0.4, -0.2) is 42.5 Å². The van der Waals surface area contributed by atoms with Crippen LogP contribution in [-0.2, 0) is 14.0 Å². The van der Waals surface area contributed by atoms with E-state index in [2.05, 4.69) is 0 Å². The van der Waals surface area contributed by atoms with E-state index in [1.54, 1.807) is 6.92 Å². The van der Waals surface area contributed by atoms with Gasteiger partial charge in [0.2, 0.25) is 0 Å². The van der Waals surface area contributed by atoms with E-state index in [-0.39, 0.29) is 0 Å². The molecule has 1 saturated heterocycles. The first-order chi connectivity index (χ1) is 6.77. The van der Waals surface area contributed by atoms with Crippen LogP contribution in [0.25, 0.3) is 0 Å². The van der Waals surface area contributed by atoms with Crippen molar-refractivity contribution in [2.24, 2.45) is 0 Å². The summed E-state index contributed by atoms with van der Waals surface area (Å²) in [5.74, 6) is 0.825. The smallest absolute Gasteiger partial charge is 0.348 e. The van der Waals surface area contributed by atoms with Gasteiger partial charge >= 0.3 is 7.60 Å². The summed E-state index contributed by atoms with van der Waals surface area (Å²) in [6.45, 7) is 1.79. The number of hydrogen-bond donors (Lipinski definition) is 2. The van der Waals surface area contributed by atoms with E-state index in [4.69, 9.17) is 27.1 Å². The summed E-state index contributed by atoms with van der Waals surface area (Å²) in [5.41, 5.74) is -0.607. The van der Waals surface area contributed by atoms with E-state index in [1.807, 2.05) is 0 Å². The second-order valence-electron chi connectivity index (χ2n) is 3.75. The van der Waals surface area contributed by atoms with Gasteiger partial charge in [0.15, 0.2) is 0 Å². The van der Waals surface area contributed by atoms with Crippen molar-refractivity contribution in [3.05, 3.63) is 11.9 Å². The van der Waals surface area contributed by atoms with E-state index < -0.39 is 25.3 Å². The molecule has 1 fully saturated rings. The Hall–Kier alpha value is -0.125. The van der Waals surface area contributed by atoms with E-state index >= 15 is 0 Å². The summed E-state index contributed by atoms with van der Waals surface area (Å²) in [5, 5.41) is 0. The molecule has 84 valence electrons. The fraction of sp³-hybridized carbons (Fsp3) is 0.750. The van der Waals surface area contributed by atoms with Crippen LogP contribution in [0.15, 0.2) is 11.9 Å². The molecule has 1 aliphatic rings. The minimum absolute atomic E-state index is 0.419. The van der Waals surface area contributed by atoms with Gasteiger partial charge in [0.1, 0.15) is 7.85 Å². The largest absolute Gasteiger partial charge is 0.378 e. The predicted molar refractivity (Wildman–Crippen MR) is 55.6 cm³/mol. The van der Waals surface area contributed by atoms with Crippen molar-refractivity contribution in [2.45, 2.75) is 31.1 Å². The first-order valence-corrected chi connectivity index (χ1v) is 6.16. The molecule has 0 unspecified atom stereocenters. The summed E-state index contributed by atoms with van der Waals surface area (Å²) in [4.78, 5) is 17.3.